The second kappa shape index (κ2) is 6.33. The number of fused-ring (bicyclic) bond motifs is 1. The molecule has 0 radical (unpaired) electrons. The highest BCUT2D eigenvalue weighted by atomic mass is 32.1. The van der Waals surface area contributed by atoms with Crippen LogP contribution in [0.1, 0.15) is 32.4 Å². The molecule has 1 aliphatic heterocycles. The largest absolute Gasteiger partial charge is 0.327 e. The number of carbonyl (C=O) groups excluding carboxylic acids is 1. The Labute approximate surface area is 150 Å². The molecule has 0 bridgehead atoms. The zero-order valence-corrected chi connectivity index (χ0v) is 14.7. The molecule has 1 aromatic carbocycles. The summed E-state index contributed by atoms with van der Waals surface area (Å²) in [7, 11) is 1.67. The number of aryl methyl sites for hydroxylation is 1. The van der Waals surface area contributed by atoms with E-state index in [0.717, 1.165) is 12.0 Å². The van der Waals surface area contributed by atoms with Crippen LogP contribution in [-0.2, 0) is 13.5 Å². The van der Waals surface area contributed by atoms with Crippen LogP contribution in [0.4, 0.5) is 0 Å². The standard InChI is InChI=1S/C20H18N2O2S/c1-21-13-15(7-8-18(21)23)20(24)22-11-9-17-16(10-12-25-17)19(22)14-5-3-2-4-6-14/h2-8,10,12-13,19H,9,11H2,1H3. The summed E-state index contributed by atoms with van der Waals surface area (Å²) in [5.41, 5.74) is 2.75. The molecule has 0 spiro atoms. The van der Waals surface area contributed by atoms with Crippen molar-refractivity contribution in [2.45, 2.75) is 12.5 Å². The molecule has 1 atom stereocenters. The van der Waals surface area contributed by atoms with Crippen molar-refractivity contribution in [3.63, 3.8) is 0 Å². The predicted octanol–water partition coefficient (Wildman–Crippen LogP) is 3.23. The summed E-state index contributed by atoms with van der Waals surface area (Å²) in [6, 6.07) is 15.2. The van der Waals surface area contributed by atoms with E-state index in [9.17, 15) is 9.59 Å². The first-order valence-corrected chi connectivity index (χ1v) is 9.12. The van der Waals surface area contributed by atoms with Crippen LogP contribution in [0.25, 0.3) is 0 Å². The smallest absolute Gasteiger partial charge is 0.256 e. The SMILES string of the molecule is Cn1cc(C(=O)N2CCc3sccc3C2c2ccccc2)ccc1=O. The van der Waals surface area contributed by atoms with E-state index in [1.165, 1.54) is 21.1 Å². The first kappa shape index (κ1) is 15.8. The molecule has 25 heavy (non-hydrogen) atoms. The minimum absolute atomic E-state index is 0.0405. The van der Waals surface area contributed by atoms with Crippen molar-refractivity contribution in [3.8, 4) is 0 Å². The van der Waals surface area contributed by atoms with Crippen molar-refractivity contribution in [2.24, 2.45) is 7.05 Å². The fourth-order valence-electron chi connectivity index (χ4n) is 3.42. The average Bonchev–Trinajstić information content (AvgIpc) is 3.12. The van der Waals surface area contributed by atoms with E-state index in [4.69, 9.17) is 0 Å². The molecule has 0 saturated heterocycles. The van der Waals surface area contributed by atoms with Crippen LogP contribution in [0, 0.1) is 0 Å². The highest BCUT2D eigenvalue weighted by molar-refractivity contribution is 7.10. The average molecular weight is 350 g/mol. The van der Waals surface area contributed by atoms with E-state index < -0.39 is 0 Å². The Bertz CT molecular complexity index is 975. The third kappa shape index (κ3) is 2.81. The van der Waals surface area contributed by atoms with Gasteiger partial charge in [-0.25, -0.2) is 0 Å². The molecule has 4 rings (SSSR count). The Hall–Kier alpha value is -2.66. The highest BCUT2D eigenvalue weighted by Gasteiger charge is 2.33. The Morgan fingerprint density at radius 3 is 2.68 bits per heavy atom. The molecule has 2 aromatic heterocycles. The minimum atomic E-state index is -0.116. The molecule has 0 saturated carbocycles. The quantitative estimate of drug-likeness (QED) is 0.712. The van der Waals surface area contributed by atoms with Gasteiger partial charge in [0.05, 0.1) is 11.6 Å². The van der Waals surface area contributed by atoms with Gasteiger partial charge in [-0.1, -0.05) is 30.3 Å². The number of hydrogen-bond acceptors (Lipinski definition) is 3. The van der Waals surface area contributed by atoms with Crippen molar-refractivity contribution in [1.82, 2.24) is 9.47 Å². The van der Waals surface area contributed by atoms with Gasteiger partial charge in [0, 0.05) is 30.7 Å². The van der Waals surface area contributed by atoms with E-state index in [-0.39, 0.29) is 17.5 Å². The van der Waals surface area contributed by atoms with Gasteiger partial charge >= 0.3 is 0 Å². The summed E-state index contributed by atoms with van der Waals surface area (Å²) >= 11 is 1.75. The third-order valence-electron chi connectivity index (χ3n) is 4.67. The fraction of sp³-hybridized carbons (Fsp3) is 0.200. The van der Waals surface area contributed by atoms with E-state index in [1.807, 2.05) is 23.1 Å². The molecular formula is C20H18N2O2S. The number of carbonyl (C=O) groups is 1. The molecular weight excluding hydrogens is 332 g/mol. The molecule has 4 nitrogen and oxygen atoms in total. The Balaban J connectivity index is 1.78. The van der Waals surface area contributed by atoms with Crippen LogP contribution in [0.15, 0.2) is 64.9 Å². The van der Waals surface area contributed by atoms with E-state index in [0.29, 0.717) is 12.1 Å². The van der Waals surface area contributed by atoms with Crippen LogP contribution in [0.2, 0.25) is 0 Å². The summed E-state index contributed by atoms with van der Waals surface area (Å²) in [4.78, 5) is 28.1. The molecule has 126 valence electrons. The number of benzene rings is 1. The van der Waals surface area contributed by atoms with E-state index in [1.54, 1.807) is 30.6 Å². The molecule has 3 aromatic rings. The second-order valence-corrected chi connectivity index (χ2v) is 7.23. The van der Waals surface area contributed by atoms with Crippen LogP contribution in [0.5, 0.6) is 0 Å². The second-order valence-electron chi connectivity index (χ2n) is 6.23. The minimum Gasteiger partial charge on any atom is -0.327 e. The summed E-state index contributed by atoms with van der Waals surface area (Å²) in [5, 5.41) is 2.10. The van der Waals surface area contributed by atoms with Crippen molar-refractivity contribution in [1.29, 1.82) is 0 Å². The lowest BCUT2D eigenvalue weighted by molar-refractivity contribution is 0.0695. The number of nitrogens with zero attached hydrogens (tertiary/aromatic N) is 2. The number of amides is 1. The van der Waals surface area contributed by atoms with Gasteiger partial charge < -0.3 is 9.47 Å². The Morgan fingerprint density at radius 1 is 1.12 bits per heavy atom. The number of thiophene rings is 1. The van der Waals surface area contributed by atoms with Crippen molar-refractivity contribution < 1.29 is 4.79 Å². The first-order valence-electron chi connectivity index (χ1n) is 8.24. The van der Waals surface area contributed by atoms with Gasteiger partial charge in [-0.3, -0.25) is 9.59 Å². The zero-order valence-electron chi connectivity index (χ0n) is 13.9. The lowest BCUT2D eigenvalue weighted by Gasteiger charge is -2.36. The lowest BCUT2D eigenvalue weighted by atomic mass is 9.92. The molecule has 1 aliphatic rings. The molecule has 0 N–H and O–H groups in total. The number of rotatable bonds is 2. The maximum Gasteiger partial charge on any atom is 0.256 e. The monoisotopic (exact) mass is 350 g/mol. The van der Waals surface area contributed by atoms with Gasteiger partial charge in [0.25, 0.3) is 5.91 Å². The molecule has 3 heterocycles. The van der Waals surface area contributed by atoms with Gasteiger partial charge in [0.2, 0.25) is 5.56 Å². The molecule has 0 fully saturated rings. The highest BCUT2D eigenvalue weighted by Crippen LogP contribution is 2.38. The summed E-state index contributed by atoms with van der Waals surface area (Å²) < 4.78 is 1.45. The van der Waals surface area contributed by atoms with Crippen molar-refractivity contribution in [3.05, 3.63) is 92.0 Å². The summed E-state index contributed by atoms with van der Waals surface area (Å²) in [6.45, 7) is 0.675. The first-order chi connectivity index (χ1) is 12.1. The van der Waals surface area contributed by atoms with Gasteiger partial charge in [-0.2, -0.15) is 0 Å². The van der Waals surface area contributed by atoms with Gasteiger partial charge in [0.1, 0.15) is 0 Å². The van der Waals surface area contributed by atoms with Gasteiger partial charge in [-0.15, -0.1) is 11.3 Å². The lowest BCUT2D eigenvalue weighted by Crippen LogP contribution is -2.40. The zero-order chi connectivity index (χ0) is 17.4. The van der Waals surface area contributed by atoms with Crippen LogP contribution in [-0.4, -0.2) is 21.9 Å². The predicted molar refractivity (Wildman–Crippen MR) is 99.0 cm³/mol. The molecule has 5 heteroatoms. The fourth-order valence-corrected chi connectivity index (χ4v) is 4.32. The number of aromatic nitrogens is 1. The maximum absolute atomic E-state index is 13.2. The van der Waals surface area contributed by atoms with E-state index in [2.05, 4.69) is 23.6 Å². The molecule has 1 unspecified atom stereocenters. The number of hydrogen-bond donors (Lipinski definition) is 0. The van der Waals surface area contributed by atoms with Crippen molar-refractivity contribution in [2.75, 3.05) is 6.54 Å². The van der Waals surface area contributed by atoms with Crippen LogP contribution in [0.3, 0.4) is 0 Å². The normalized spacial score (nSPS) is 16.5. The summed E-state index contributed by atoms with van der Waals surface area (Å²) in [6.07, 6.45) is 2.49. The van der Waals surface area contributed by atoms with Crippen LogP contribution >= 0.6 is 11.3 Å². The topological polar surface area (TPSA) is 42.3 Å². The van der Waals surface area contributed by atoms with Crippen molar-refractivity contribution >= 4 is 17.2 Å². The molecule has 1 amide bonds. The van der Waals surface area contributed by atoms with Gasteiger partial charge in [0.15, 0.2) is 0 Å². The summed E-state index contributed by atoms with van der Waals surface area (Å²) in [5.74, 6) is -0.0405. The van der Waals surface area contributed by atoms with E-state index >= 15 is 0 Å². The Morgan fingerprint density at radius 2 is 1.92 bits per heavy atom. The number of pyridine rings is 1. The Kier molecular flexibility index (Phi) is 4.01. The maximum atomic E-state index is 13.2. The van der Waals surface area contributed by atoms with Crippen LogP contribution < -0.4 is 5.56 Å². The third-order valence-corrected chi connectivity index (χ3v) is 5.67. The molecule has 0 aliphatic carbocycles. The van der Waals surface area contributed by atoms with Gasteiger partial charge in [-0.05, 0) is 35.1 Å².